The average molecular weight is 295 g/mol. The average Bonchev–Trinajstić information content (AvgIpc) is 2.38. The smallest absolute Gasteiger partial charge is 0.175 e. The van der Waals surface area contributed by atoms with Crippen molar-refractivity contribution in [2.24, 2.45) is 11.8 Å². The van der Waals surface area contributed by atoms with E-state index in [1.54, 1.807) is 12.1 Å². The predicted molar refractivity (Wildman–Crippen MR) is 83.8 cm³/mol. The summed E-state index contributed by atoms with van der Waals surface area (Å²) in [4.78, 5) is 0.388. The standard InChI is InChI=1S/C16H25NO2S/c1-12(2)15-9-4-5-10-16(15)17-13-7-6-8-14(11-13)20(3,18)19/h6-8,11-12,15-17H,4-5,9-10H2,1-3H3. The van der Waals surface area contributed by atoms with Crippen LogP contribution in [0.2, 0.25) is 0 Å². The summed E-state index contributed by atoms with van der Waals surface area (Å²) in [6, 6.07) is 7.63. The van der Waals surface area contributed by atoms with Gasteiger partial charge in [-0.1, -0.05) is 32.8 Å². The van der Waals surface area contributed by atoms with Crippen molar-refractivity contribution in [1.82, 2.24) is 0 Å². The molecule has 1 aromatic carbocycles. The van der Waals surface area contributed by atoms with Gasteiger partial charge in [0, 0.05) is 18.0 Å². The summed E-state index contributed by atoms with van der Waals surface area (Å²) < 4.78 is 23.2. The number of nitrogens with one attached hydrogen (secondary N) is 1. The predicted octanol–water partition coefficient (Wildman–Crippen LogP) is 3.72. The van der Waals surface area contributed by atoms with E-state index < -0.39 is 9.84 Å². The molecule has 1 N–H and O–H groups in total. The molecule has 112 valence electrons. The van der Waals surface area contributed by atoms with E-state index in [2.05, 4.69) is 19.2 Å². The minimum atomic E-state index is -3.14. The molecule has 4 heteroatoms. The van der Waals surface area contributed by atoms with Crippen molar-refractivity contribution >= 4 is 15.5 Å². The van der Waals surface area contributed by atoms with Gasteiger partial charge in [0.15, 0.2) is 9.84 Å². The van der Waals surface area contributed by atoms with E-state index in [0.29, 0.717) is 22.8 Å². The highest BCUT2D eigenvalue weighted by Crippen LogP contribution is 2.32. The molecule has 0 amide bonds. The summed E-state index contributed by atoms with van der Waals surface area (Å²) in [5, 5.41) is 3.56. The van der Waals surface area contributed by atoms with Crippen LogP contribution < -0.4 is 5.32 Å². The number of sulfone groups is 1. The minimum Gasteiger partial charge on any atom is -0.382 e. The molecule has 1 aliphatic carbocycles. The van der Waals surface area contributed by atoms with Crippen LogP contribution in [0.25, 0.3) is 0 Å². The molecular formula is C16H25NO2S. The Labute approximate surface area is 122 Å². The molecule has 0 heterocycles. The Hall–Kier alpha value is -1.03. The number of hydrogen-bond acceptors (Lipinski definition) is 3. The van der Waals surface area contributed by atoms with Crippen LogP contribution in [-0.2, 0) is 9.84 Å². The summed E-state index contributed by atoms with van der Waals surface area (Å²) in [6.45, 7) is 4.55. The molecule has 3 nitrogen and oxygen atoms in total. The van der Waals surface area contributed by atoms with Gasteiger partial charge >= 0.3 is 0 Å². The van der Waals surface area contributed by atoms with Gasteiger partial charge in [-0.15, -0.1) is 0 Å². The van der Waals surface area contributed by atoms with Crippen molar-refractivity contribution in [2.45, 2.75) is 50.5 Å². The molecule has 1 fully saturated rings. The van der Waals surface area contributed by atoms with Crippen LogP contribution in [0.3, 0.4) is 0 Å². The first kappa shape index (κ1) is 15.4. The lowest BCUT2D eigenvalue weighted by atomic mass is 9.78. The second-order valence-corrected chi connectivity index (χ2v) is 8.26. The molecule has 0 radical (unpaired) electrons. The van der Waals surface area contributed by atoms with Crippen LogP contribution in [-0.4, -0.2) is 20.7 Å². The highest BCUT2D eigenvalue weighted by Gasteiger charge is 2.27. The van der Waals surface area contributed by atoms with Crippen LogP contribution in [0.1, 0.15) is 39.5 Å². The molecule has 2 rings (SSSR count). The van der Waals surface area contributed by atoms with E-state index in [4.69, 9.17) is 0 Å². The second kappa shape index (κ2) is 6.17. The highest BCUT2D eigenvalue weighted by atomic mass is 32.2. The van der Waals surface area contributed by atoms with Crippen molar-refractivity contribution in [2.75, 3.05) is 11.6 Å². The van der Waals surface area contributed by atoms with Crippen molar-refractivity contribution in [1.29, 1.82) is 0 Å². The van der Waals surface area contributed by atoms with Crippen LogP contribution in [0.5, 0.6) is 0 Å². The fourth-order valence-corrected chi connectivity index (χ4v) is 3.83. The van der Waals surface area contributed by atoms with Crippen LogP contribution in [0.15, 0.2) is 29.2 Å². The van der Waals surface area contributed by atoms with Crippen LogP contribution in [0, 0.1) is 11.8 Å². The molecule has 2 unspecified atom stereocenters. The Bertz CT molecular complexity index is 551. The fourth-order valence-electron chi connectivity index (χ4n) is 3.17. The normalized spacial score (nSPS) is 23.8. The third kappa shape index (κ3) is 3.75. The Morgan fingerprint density at radius 1 is 1.20 bits per heavy atom. The van der Waals surface area contributed by atoms with Gasteiger partial charge in [-0.2, -0.15) is 0 Å². The SMILES string of the molecule is CC(C)C1CCCCC1Nc1cccc(S(C)(=O)=O)c1. The molecule has 2 atom stereocenters. The zero-order valence-electron chi connectivity index (χ0n) is 12.6. The van der Waals surface area contributed by atoms with E-state index >= 15 is 0 Å². The first-order valence-electron chi connectivity index (χ1n) is 7.44. The molecule has 1 aliphatic rings. The molecule has 0 bridgehead atoms. The van der Waals surface area contributed by atoms with Crippen molar-refractivity contribution in [3.63, 3.8) is 0 Å². The third-order valence-corrected chi connectivity index (χ3v) is 5.40. The Morgan fingerprint density at radius 2 is 1.90 bits per heavy atom. The molecule has 1 saturated carbocycles. The lowest BCUT2D eigenvalue weighted by Crippen LogP contribution is -2.35. The van der Waals surface area contributed by atoms with Crippen molar-refractivity contribution in [3.05, 3.63) is 24.3 Å². The maximum Gasteiger partial charge on any atom is 0.175 e. The molecule has 20 heavy (non-hydrogen) atoms. The maximum absolute atomic E-state index is 11.6. The van der Waals surface area contributed by atoms with Crippen molar-refractivity contribution < 1.29 is 8.42 Å². The van der Waals surface area contributed by atoms with E-state index in [0.717, 1.165) is 5.69 Å². The molecular weight excluding hydrogens is 270 g/mol. The van der Waals surface area contributed by atoms with Gasteiger partial charge in [0.25, 0.3) is 0 Å². The number of rotatable bonds is 4. The Balaban J connectivity index is 2.16. The summed E-state index contributed by atoms with van der Waals surface area (Å²) in [5.41, 5.74) is 0.922. The van der Waals surface area contributed by atoms with Crippen LogP contribution in [0.4, 0.5) is 5.69 Å². The lowest BCUT2D eigenvalue weighted by Gasteiger charge is -2.35. The zero-order valence-corrected chi connectivity index (χ0v) is 13.4. The van der Waals surface area contributed by atoms with Gasteiger partial charge in [-0.3, -0.25) is 0 Å². The van der Waals surface area contributed by atoms with Gasteiger partial charge < -0.3 is 5.32 Å². The van der Waals surface area contributed by atoms with Gasteiger partial charge in [-0.05, 0) is 42.9 Å². The first-order valence-corrected chi connectivity index (χ1v) is 9.34. The van der Waals surface area contributed by atoms with Gasteiger partial charge in [0.05, 0.1) is 4.90 Å². The highest BCUT2D eigenvalue weighted by molar-refractivity contribution is 7.90. The van der Waals surface area contributed by atoms with E-state index in [1.165, 1.54) is 31.9 Å². The van der Waals surface area contributed by atoms with E-state index in [1.807, 2.05) is 12.1 Å². The Kier molecular flexibility index (Phi) is 4.74. The number of hydrogen-bond donors (Lipinski definition) is 1. The summed E-state index contributed by atoms with van der Waals surface area (Å²) in [6.07, 6.45) is 6.26. The maximum atomic E-state index is 11.6. The molecule has 1 aromatic rings. The Morgan fingerprint density at radius 3 is 2.55 bits per heavy atom. The quantitative estimate of drug-likeness (QED) is 0.921. The lowest BCUT2D eigenvalue weighted by molar-refractivity contribution is 0.254. The topological polar surface area (TPSA) is 46.2 Å². The van der Waals surface area contributed by atoms with Crippen molar-refractivity contribution in [3.8, 4) is 0 Å². The third-order valence-electron chi connectivity index (χ3n) is 4.29. The fraction of sp³-hybridized carbons (Fsp3) is 0.625. The van der Waals surface area contributed by atoms with E-state index in [9.17, 15) is 8.42 Å². The van der Waals surface area contributed by atoms with E-state index in [-0.39, 0.29) is 0 Å². The van der Waals surface area contributed by atoms with Gasteiger partial charge in [-0.25, -0.2) is 8.42 Å². The van der Waals surface area contributed by atoms with Crippen LogP contribution >= 0.6 is 0 Å². The van der Waals surface area contributed by atoms with Gasteiger partial charge in [0.2, 0.25) is 0 Å². The molecule has 0 aliphatic heterocycles. The first-order chi connectivity index (χ1) is 9.38. The number of anilines is 1. The largest absolute Gasteiger partial charge is 0.382 e. The van der Waals surface area contributed by atoms with Gasteiger partial charge in [0.1, 0.15) is 0 Å². The number of benzene rings is 1. The summed E-state index contributed by atoms with van der Waals surface area (Å²) >= 11 is 0. The molecule has 0 saturated heterocycles. The minimum absolute atomic E-state index is 0.388. The zero-order chi connectivity index (χ0) is 14.8. The summed E-state index contributed by atoms with van der Waals surface area (Å²) in [7, 11) is -3.14. The molecule has 0 spiro atoms. The second-order valence-electron chi connectivity index (χ2n) is 6.24. The monoisotopic (exact) mass is 295 g/mol. The summed E-state index contributed by atoms with van der Waals surface area (Å²) in [5.74, 6) is 1.33. The molecule has 0 aromatic heterocycles.